The quantitative estimate of drug-likeness (QED) is 0.484. The number of nitro groups is 1. The van der Waals surface area contributed by atoms with E-state index in [1.54, 1.807) is 6.92 Å². The minimum atomic E-state index is -1.10. The van der Waals surface area contributed by atoms with Gasteiger partial charge in [0.1, 0.15) is 0 Å². The van der Waals surface area contributed by atoms with Crippen LogP contribution in [0.4, 0.5) is 5.69 Å². The van der Waals surface area contributed by atoms with Gasteiger partial charge in [-0.15, -0.1) is 0 Å². The van der Waals surface area contributed by atoms with Crippen molar-refractivity contribution in [1.29, 1.82) is 5.26 Å². The number of nitriles is 1. The molecule has 18 heavy (non-hydrogen) atoms. The first kappa shape index (κ1) is 14.1. The summed E-state index contributed by atoms with van der Waals surface area (Å²) in [6, 6.07) is 5.67. The number of hydrogen-bond donors (Lipinski definition) is 0. The van der Waals surface area contributed by atoms with Gasteiger partial charge in [-0.2, -0.15) is 5.26 Å². The lowest BCUT2D eigenvalue weighted by atomic mass is 10.0. The average molecular weight is 313 g/mol. The fourth-order valence-electron chi connectivity index (χ4n) is 1.34. The average Bonchev–Trinajstić information content (AvgIpc) is 2.32. The van der Waals surface area contributed by atoms with Crippen molar-refractivity contribution in [3.63, 3.8) is 0 Å². The van der Waals surface area contributed by atoms with Gasteiger partial charge in [0.2, 0.25) is 0 Å². The van der Waals surface area contributed by atoms with E-state index in [4.69, 9.17) is 10.00 Å². The van der Waals surface area contributed by atoms with Crippen molar-refractivity contribution in [2.24, 2.45) is 0 Å². The lowest BCUT2D eigenvalue weighted by Crippen LogP contribution is -2.15. The third-order valence-electron chi connectivity index (χ3n) is 2.16. The molecule has 0 radical (unpaired) electrons. The van der Waals surface area contributed by atoms with Gasteiger partial charge in [0.25, 0.3) is 5.69 Å². The van der Waals surface area contributed by atoms with Gasteiger partial charge in [-0.05, 0) is 18.6 Å². The first-order valence-corrected chi connectivity index (χ1v) is 5.80. The molecule has 0 spiro atoms. The van der Waals surface area contributed by atoms with E-state index < -0.39 is 16.8 Å². The molecule has 0 unspecified atom stereocenters. The fourth-order valence-corrected chi connectivity index (χ4v) is 1.93. The van der Waals surface area contributed by atoms with Gasteiger partial charge in [-0.25, -0.2) is 0 Å². The Bertz CT molecular complexity index is 524. The van der Waals surface area contributed by atoms with Crippen LogP contribution in [0.5, 0.6) is 0 Å². The lowest BCUT2D eigenvalue weighted by molar-refractivity contribution is -0.384. The van der Waals surface area contributed by atoms with Crippen LogP contribution in [0.1, 0.15) is 18.4 Å². The first-order valence-electron chi connectivity index (χ1n) is 5.01. The number of nitro benzene ring substituents is 1. The molecule has 0 saturated heterocycles. The van der Waals surface area contributed by atoms with Crippen LogP contribution in [-0.4, -0.2) is 17.5 Å². The maximum atomic E-state index is 11.5. The molecule has 6 nitrogen and oxygen atoms in total. The summed E-state index contributed by atoms with van der Waals surface area (Å²) in [5, 5.41) is 19.5. The fraction of sp³-hybridized carbons (Fsp3) is 0.273. The van der Waals surface area contributed by atoms with E-state index in [1.165, 1.54) is 18.2 Å². The van der Waals surface area contributed by atoms with Crippen molar-refractivity contribution in [3.8, 4) is 6.07 Å². The van der Waals surface area contributed by atoms with Crippen molar-refractivity contribution in [1.82, 2.24) is 0 Å². The van der Waals surface area contributed by atoms with Crippen LogP contribution in [0.2, 0.25) is 0 Å². The predicted octanol–water partition coefficient (Wildman–Crippen LogP) is 2.53. The second-order valence-electron chi connectivity index (χ2n) is 3.28. The zero-order chi connectivity index (χ0) is 13.7. The Labute approximate surface area is 111 Å². The molecule has 94 valence electrons. The molecule has 0 aliphatic heterocycles. The SMILES string of the molecule is CCOC(=O)[C@@H](C#N)c1ccc([N+](=O)[O-])cc1Br. The molecule has 1 atom stereocenters. The van der Waals surface area contributed by atoms with Crippen molar-refractivity contribution < 1.29 is 14.5 Å². The number of carbonyl (C=O) groups excluding carboxylic acids is 1. The van der Waals surface area contributed by atoms with E-state index in [1.807, 2.05) is 6.07 Å². The molecule has 1 aromatic carbocycles. The summed E-state index contributed by atoms with van der Waals surface area (Å²) in [5.74, 6) is -1.77. The van der Waals surface area contributed by atoms with E-state index in [9.17, 15) is 14.9 Å². The minimum Gasteiger partial charge on any atom is -0.465 e. The Kier molecular flexibility index (Phi) is 4.80. The van der Waals surface area contributed by atoms with Gasteiger partial charge in [0.15, 0.2) is 5.92 Å². The zero-order valence-corrected chi connectivity index (χ0v) is 11.0. The molecule has 0 amide bonds. The molecule has 0 aliphatic rings. The van der Waals surface area contributed by atoms with Gasteiger partial charge in [-0.1, -0.05) is 15.9 Å². The second-order valence-corrected chi connectivity index (χ2v) is 4.13. The summed E-state index contributed by atoms with van der Waals surface area (Å²) in [6.45, 7) is 1.80. The van der Waals surface area contributed by atoms with Crippen LogP contribution in [0.3, 0.4) is 0 Å². The molecule has 0 N–H and O–H groups in total. The molecule has 0 aliphatic carbocycles. The van der Waals surface area contributed by atoms with Crippen LogP contribution < -0.4 is 0 Å². The molecule has 7 heteroatoms. The summed E-state index contributed by atoms with van der Waals surface area (Å²) in [4.78, 5) is 21.6. The Morgan fingerprint density at radius 2 is 2.33 bits per heavy atom. The molecule has 0 aromatic heterocycles. The minimum absolute atomic E-state index is 0.119. The summed E-state index contributed by atoms with van der Waals surface area (Å²) in [5.41, 5.74) is 0.229. The number of non-ortho nitro benzene ring substituents is 1. The highest BCUT2D eigenvalue weighted by atomic mass is 79.9. The van der Waals surface area contributed by atoms with Crippen molar-refractivity contribution in [2.45, 2.75) is 12.8 Å². The van der Waals surface area contributed by atoms with E-state index in [2.05, 4.69) is 15.9 Å². The maximum Gasteiger partial charge on any atom is 0.327 e. The molecule has 0 saturated carbocycles. The Morgan fingerprint density at radius 3 is 2.78 bits per heavy atom. The Balaban J connectivity index is 3.12. The first-order chi connectivity index (χ1) is 8.51. The third-order valence-corrected chi connectivity index (χ3v) is 2.84. The lowest BCUT2D eigenvalue weighted by Gasteiger charge is -2.10. The van der Waals surface area contributed by atoms with Crippen molar-refractivity contribution in [2.75, 3.05) is 6.61 Å². The van der Waals surface area contributed by atoms with Crippen LogP contribution in [-0.2, 0) is 9.53 Å². The highest BCUT2D eigenvalue weighted by Crippen LogP contribution is 2.29. The van der Waals surface area contributed by atoms with Crippen molar-refractivity contribution in [3.05, 3.63) is 38.3 Å². The second kappa shape index (κ2) is 6.12. The van der Waals surface area contributed by atoms with Gasteiger partial charge < -0.3 is 4.74 Å². The number of benzene rings is 1. The maximum absolute atomic E-state index is 11.5. The van der Waals surface area contributed by atoms with Gasteiger partial charge in [-0.3, -0.25) is 14.9 Å². The molecular weight excluding hydrogens is 304 g/mol. The van der Waals surface area contributed by atoms with Crippen LogP contribution in [0, 0.1) is 21.4 Å². The summed E-state index contributed by atoms with van der Waals surface area (Å²) in [7, 11) is 0. The molecule has 0 heterocycles. The standard InChI is InChI=1S/C11H9BrN2O4/c1-2-18-11(15)9(6-13)8-4-3-7(14(16)17)5-10(8)12/h3-5,9H,2H2,1H3/t9-/m0/s1. The number of carbonyl (C=O) groups is 1. The topological polar surface area (TPSA) is 93.2 Å². The summed E-state index contributed by atoms with van der Waals surface area (Å²) >= 11 is 3.11. The highest BCUT2D eigenvalue weighted by molar-refractivity contribution is 9.10. The van der Waals surface area contributed by atoms with Gasteiger partial charge >= 0.3 is 5.97 Å². The zero-order valence-electron chi connectivity index (χ0n) is 9.42. The Hall–Kier alpha value is -1.94. The van der Waals surface area contributed by atoms with E-state index in [0.717, 1.165) is 0 Å². The van der Waals surface area contributed by atoms with Crippen molar-refractivity contribution >= 4 is 27.6 Å². The highest BCUT2D eigenvalue weighted by Gasteiger charge is 2.25. The Morgan fingerprint density at radius 1 is 1.67 bits per heavy atom. The molecule has 1 rings (SSSR count). The van der Waals surface area contributed by atoms with E-state index in [-0.39, 0.29) is 12.3 Å². The monoisotopic (exact) mass is 312 g/mol. The molecule has 0 bridgehead atoms. The van der Waals surface area contributed by atoms with Crippen LogP contribution in [0.15, 0.2) is 22.7 Å². The van der Waals surface area contributed by atoms with Gasteiger partial charge in [0.05, 0.1) is 17.6 Å². The summed E-state index contributed by atoms with van der Waals surface area (Å²) < 4.78 is 5.10. The normalized spacial score (nSPS) is 11.4. The number of hydrogen-bond acceptors (Lipinski definition) is 5. The molecular formula is C11H9BrN2O4. The number of halogens is 1. The number of rotatable bonds is 4. The number of nitrogens with zero attached hydrogens (tertiary/aromatic N) is 2. The smallest absolute Gasteiger partial charge is 0.327 e. The predicted molar refractivity (Wildman–Crippen MR) is 65.8 cm³/mol. The van der Waals surface area contributed by atoms with E-state index in [0.29, 0.717) is 10.0 Å². The van der Waals surface area contributed by atoms with Crippen LogP contribution in [0.25, 0.3) is 0 Å². The van der Waals surface area contributed by atoms with Crippen LogP contribution >= 0.6 is 15.9 Å². The van der Waals surface area contributed by atoms with Gasteiger partial charge in [0, 0.05) is 16.6 Å². The molecule has 1 aromatic rings. The largest absolute Gasteiger partial charge is 0.465 e. The third kappa shape index (κ3) is 3.05. The van der Waals surface area contributed by atoms with E-state index >= 15 is 0 Å². The molecule has 0 fully saturated rings. The number of esters is 1. The number of ether oxygens (including phenoxy) is 1. The summed E-state index contributed by atoms with van der Waals surface area (Å²) in [6.07, 6.45) is 0.